The summed E-state index contributed by atoms with van der Waals surface area (Å²) >= 11 is 5.12. The highest BCUT2D eigenvalue weighted by Crippen LogP contribution is 2.44. The first-order chi connectivity index (χ1) is 12.9. The number of hydrogen-bond acceptors (Lipinski definition) is 14. The standard InChI is InChI=1S/C14H19ClO14/c1-6(17)26-11(22,5-16)13(24,28-8(3)19)14(25,29-9(4)20)12(23,10(15)21)27-7(2)18/h16,22-25H,5H2,1-4H3. The van der Waals surface area contributed by atoms with Crippen molar-refractivity contribution in [2.24, 2.45) is 0 Å². The van der Waals surface area contributed by atoms with Crippen LogP contribution in [0, 0.1) is 0 Å². The molecular formula is C14H19ClO14. The molecule has 0 aromatic rings. The monoisotopic (exact) mass is 446 g/mol. The van der Waals surface area contributed by atoms with E-state index < -0.39 is 58.9 Å². The summed E-state index contributed by atoms with van der Waals surface area (Å²) in [4.78, 5) is 57.4. The van der Waals surface area contributed by atoms with E-state index >= 15 is 0 Å². The molecule has 0 spiro atoms. The van der Waals surface area contributed by atoms with E-state index in [1.54, 1.807) is 0 Å². The number of aliphatic hydroxyl groups is 5. The number of halogens is 1. The Morgan fingerprint density at radius 2 is 1.03 bits per heavy atom. The number of carbonyl (C=O) groups is 5. The zero-order chi connectivity index (χ0) is 23.4. The van der Waals surface area contributed by atoms with E-state index in [0.29, 0.717) is 27.7 Å². The average molecular weight is 447 g/mol. The lowest BCUT2D eigenvalue weighted by Gasteiger charge is -2.50. The first kappa shape index (κ1) is 26.6. The molecule has 166 valence electrons. The van der Waals surface area contributed by atoms with Gasteiger partial charge in [0, 0.05) is 27.7 Å². The number of carbonyl (C=O) groups excluding carboxylic acids is 5. The van der Waals surface area contributed by atoms with Gasteiger partial charge >= 0.3 is 52.3 Å². The lowest BCUT2D eigenvalue weighted by Crippen LogP contribution is -2.81. The lowest BCUT2D eigenvalue weighted by atomic mass is 9.88. The van der Waals surface area contributed by atoms with Gasteiger partial charge in [-0.3, -0.25) is 24.0 Å². The first-order valence-electron chi connectivity index (χ1n) is 7.41. The van der Waals surface area contributed by atoms with Crippen LogP contribution in [0.2, 0.25) is 0 Å². The molecule has 0 heterocycles. The number of rotatable bonds is 9. The van der Waals surface area contributed by atoms with Crippen molar-refractivity contribution in [1.29, 1.82) is 0 Å². The predicted molar refractivity (Wildman–Crippen MR) is 84.8 cm³/mol. The molecule has 0 aromatic carbocycles. The minimum Gasteiger partial charge on any atom is -0.423 e. The molecule has 4 unspecified atom stereocenters. The molecule has 0 rings (SSSR count). The normalized spacial score (nSPS) is 19.2. The van der Waals surface area contributed by atoms with Crippen molar-refractivity contribution in [3.63, 3.8) is 0 Å². The van der Waals surface area contributed by atoms with Gasteiger partial charge in [-0.15, -0.1) is 0 Å². The van der Waals surface area contributed by atoms with Crippen molar-refractivity contribution < 1.29 is 68.5 Å². The first-order valence-corrected chi connectivity index (χ1v) is 7.78. The van der Waals surface area contributed by atoms with E-state index in [1.165, 1.54) is 0 Å². The Labute approximate surface area is 167 Å². The number of ether oxygens (including phenoxy) is 4. The Morgan fingerprint density at radius 3 is 1.31 bits per heavy atom. The molecule has 5 N–H and O–H groups in total. The highest BCUT2D eigenvalue weighted by atomic mass is 35.5. The summed E-state index contributed by atoms with van der Waals surface area (Å²) in [6.45, 7) is 0.347. The predicted octanol–water partition coefficient (Wildman–Crippen LogP) is -3.25. The van der Waals surface area contributed by atoms with Gasteiger partial charge in [0.2, 0.25) is 0 Å². The molecule has 0 aliphatic carbocycles. The molecule has 0 fully saturated rings. The molecule has 0 aromatic heterocycles. The van der Waals surface area contributed by atoms with Crippen molar-refractivity contribution in [3.8, 4) is 0 Å². The molecule has 0 amide bonds. The van der Waals surface area contributed by atoms with Gasteiger partial charge in [-0.2, -0.15) is 0 Å². The molecule has 0 aliphatic rings. The Morgan fingerprint density at radius 1 is 0.690 bits per heavy atom. The van der Waals surface area contributed by atoms with Crippen LogP contribution in [0.1, 0.15) is 27.7 Å². The van der Waals surface area contributed by atoms with Crippen molar-refractivity contribution in [1.82, 2.24) is 0 Å². The average Bonchev–Trinajstić information content (AvgIpc) is 2.51. The third kappa shape index (κ3) is 4.98. The Balaban J connectivity index is 7.29. The van der Waals surface area contributed by atoms with Crippen LogP contribution in [0.3, 0.4) is 0 Å². The van der Waals surface area contributed by atoms with Crippen molar-refractivity contribution in [2.75, 3.05) is 6.61 Å². The Kier molecular flexibility index (Phi) is 8.25. The van der Waals surface area contributed by atoms with Crippen LogP contribution in [-0.2, 0) is 42.9 Å². The second kappa shape index (κ2) is 8.98. The summed E-state index contributed by atoms with van der Waals surface area (Å²) in [6, 6.07) is 0. The van der Waals surface area contributed by atoms with Crippen LogP contribution in [0.25, 0.3) is 0 Å². The van der Waals surface area contributed by atoms with Crippen LogP contribution in [0.15, 0.2) is 0 Å². The summed E-state index contributed by atoms with van der Waals surface area (Å²) < 4.78 is 16.9. The molecule has 15 heteroatoms. The molecule has 0 radical (unpaired) electrons. The SMILES string of the molecule is CC(=O)OC(O)(CO)C(O)(OC(C)=O)C(O)(OC(C)=O)C(O)(OC(C)=O)C(=O)Cl. The molecule has 0 saturated heterocycles. The molecule has 4 atom stereocenters. The van der Waals surface area contributed by atoms with E-state index in [2.05, 4.69) is 18.9 Å². The highest BCUT2D eigenvalue weighted by Gasteiger charge is 2.81. The van der Waals surface area contributed by atoms with Gasteiger partial charge in [-0.05, 0) is 11.6 Å². The van der Waals surface area contributed by atoms with Gasteiger partial charge in [0.15, 0.2) is 0 Å². The lowest BCUT2D eigenvalue weighted by molar-refractivity contribution is -0.492. The van der Waals surface area contributed by atoms with Crippen LogP contribution < -0.4 is 0 Å². The third-order valence-electron chi connectivity index (χ3n) is 3.12. The summed E-state index contributed by atoms with van der Waals surface area (Å²) in [7, 11) is 0. The maximum absolute atomic E-state index is 11.8. The van der Waals surface area contributed by atoms with Gasteiger partial charge in [0.25, 0.3) is 0 Å². The zero-order valence-corrected chi connectivity index (χ0v) is 16.3. The van der Waals surface area contributed by atoms with Gasteiger partial charge in [0.05, 0.1) is 0 Å². The quantitative estimate of drug-likeness (QED) is 0.101. The van der Waals surface area contributed by atoms with Crippen molar-refractivity contribution in [2.45, 2.75) is 50.8 Å². The summed E-state index contributed by atoms with van der Waals surface area (Å²) in [5, 5.41) is 49.6. The maximum Gasteiger partial charge on any atom is 0.360 e. The fourth-order valence-electron chi connectivity index (χ4n) is 2.09. The molecule has 14 nitrogen and oxygen atoms in total. The van der Waals surface area contributed by atoms with Gasteiger partial charge in [-0.25, -0.2) is 0 Å². The van der Waals surface area contributed by atoms with E-state index in [-0.39, 0.29) is 0 Å². The summed E-state index contributed by atoms with van der Waals surface area (Å²) in [5.41, 5.74) is 0. The van der Waals surface area contributed by atoms with Crippen molar-refractivity contribution >= 4 is 40.7 Å². The minimum absolute atomic E-state index is 0.524. The van der Waals surface area contributed by atoms with E-state index in [1.807, 2.05) is 0 Å². The molecular weight excluding hydrogens is 428 g/mol. The van der Waals surface area contributed by atoms with E-state index in [0.717, 1.165) is 0 Å². The van der Waals surface area contributed by atoms with Gasteiger partial charge < -0.3 is 44.5 Å². The topological polar surface area (TPSA) is 223 Å². The van der Waals surface area contributed by atoms with Crippen LogP contribution in [-0.4, -0.2) is 84.4 Å². The summed E-state index contributed by atoms with van der Waals surface area (Å²) in [6.07, 6.45) is 0. The fourth-order valence-corrected chi connectivity index (χ4v) is 2.26. The molecule has 0 aliphatic heterocycles. The third-order valence-corrected chi connectivity index (χ3v) is 3.37. The van der Waals surface area contributed by atoms with E-state index in [9.17, 15) is 49.5 Å². The van der Waals surface area contributed by atoms with Crippen LogP contribution in [0.5, 0.6) is 0 Å². The fraction of sp³-hybridized carbons (Fsp3) is 0.643. The number of hydrogen-bond donors (Lipinski definition) is 5. The van der Waals surface area contributed by atoms with Crippen molar-refractivity contribution in [3.05, 3.63) is 0 Å². The maximum atomic E-state index is 11.8. The van der Waals surface area contributed by atoms with Crippen LogP contribution in [0.4, 0.5) is 0 Å². The van der Waals surface area contributed by atoms with Gasteiger partial charge in [-0.1, -0.05) is 0 Å². The Bertz CT molecular complexity index is 708. The Hall–Kier alpha value is -2.36. The highest BCUT2D eigenvalue weighted by molar-refractivity contribution is 6.65. The largest absolute Gasteiger partial charge is 0.423 e. The zero-order valence-electron chi connectivity index (χ0n) is 15.5. The van der Waals surface area contributed by atoms with E-state index in [4.69, 9.17) is 11.6 Å². The van der Waals surface area contributed by atoms with Crippen LogP contribution >= 0.6 is 11.6 Å². The molecule has 29 heavy (non-hydrogen) atoms. The molecule has 0 saturated carbocycles. The smallest absolute Gasteiger partial charge is 0.360 e. The summed E-state index contributed by atoms with van der Waals surface area (Å²) in [5.74, 6) is -23.4. The number of aliphatic hydroxyl groups excluding tert-OH is 1. The van der Waals surface area contributed by atoms with Gasteiger partial charge in [0.1, 0.15) is 6.61 Å². The second-order valence-electron chi connectivity index (χ2n) is 5.52. The minimum atomic E-state index is -4.51. The number of esters is 4. The second-order valence-corrected chi connectivity index (χ2v) is 5.87. The molecule has 0 bridgehead atoms.